The number of azo groups is 2. The molecule has 5 N–H and O–H groups in total. The van der Waals surface area contributed by atoms with Crippen molar-refractivity contribution in [3.05, 3.63) is 60.7 Å². The molecule has 0 fully saturated rings. The minimum atomic E-state index is -5.01. The van der Waals surface area contributed by atoms with Crippen LogP contribution in [0.5, 0.6) is 5.75 Å². The highest BCUT2D eigenvalue weighted by Gasteiger charge is 2.25. The first-order valence-corrected chi connectivity index (χ1v) is 22.5. The zero-order valence-corrected chi connectivity index (χ0v) is 31.7. The van der Waals surface area contributed by atoms with Gasteiger partial charge in [-0.05, 0) is 66.0 Å². The van der Waals surface area contributed by atoms with Gasteiger partial charge in [0, 0.05) is 4.90 Å². The number of thiol groups is 1. The minimum absolute atomic E-state index is 0.00760. The molecule has 4 aromatic rings. The first kappa shape index (κ1) is 41.6. The molecule has 0 bridgehead atoms. The molecule has 0 spiro atoms. The maximum absolute atomic E-state index is 12.5. The van der Waals surface area contributed by atoms with E-state index in [0.29, 0.717) is 0 Å². The van der Waals surface area contributed by atoms with Crippen molar-refractivity contribution in [2.45, 2.75) is 19.6 Å². The van der Waals surface area contributed by atoms with Gasteiger partial charge < -0.3 is 10.8 Å². The number of nitrogens with two attached hydrogens (primary N) is 1. The molecule has 286 valence electrons. The summed E-state index contributed by atoms with van der Waals surface area (Å²) < 4.78 is 145. The summed E-state index contributed by atoms with van der Waals surface area (Å²) in [4.78, 5) is -1.29. The maximum atomic E-state index is 12.5. The van der Waals surface area contributed by atoms with Crippen LogP contribution >= 0.6 is 12.6 Å². The van der Waals surface area contributed by atoms with E-state index >= 15 is 0 Å². The Labute approximate surface area is 308 Å². The van der Waals surface area contributed by atoms with Gasteiger partial charge in [0.05, 0.1) is 63.2 Å². The van der Waals surface area contributed by atoms with E-state index in [0.717, 1.165) is 36.6 Å². The summed E-state index contributed by atoms with van der Waals surface area (Å²) in [6, 6.07) is 11.6. The third kappa shape index (κ3) is 11.0. The monoisotopic (exact) mass is 853 g/mol. The standard InChI is InChI=1S/C27H27N5O15S6/c1-49(34,35)46-10-12-50(36,37)19-8-4-18(5-9-19)30-32-26-22(52(40,41)42)15-16-14-21(48)25(27(33)23(16)24(26)28)31-29-17-2-6-20(7-3-17)51(38,39)13-11-47-53(43,44)45/h2-9,14-15,33,48H,10-13,28H2,1H3,(H,40,41,42)(H,43,44,45). The van der Waals surface area contributed by atoms with Gasteiger partial charge in [-0.1, -0.05) is 0 Å². The highest BCUT2D eigenvalue weighted by molar-refractivity contribution is 7.91. The zero-order valence-electron chi connectivity index (χ0n) is 26.7. The topological polar surface area (TPSA) is 325 Å². The number of hydrogen-bond donors (Lipinski definition) is 5. The van der Waals surface area contributed by atoms with Crippen LogP contribution in [0.1, 0.15) is 0 Å². The highest BCUT2D eigenvalue weighted by Crippen LogP contribution is 2.48. The van der Waals surface area contributed by atoms with Crippen LogP contribution in [-0.2, 0) is 58.7 Å². The number of aromatic hydroxyl groups is 1. The van der Waals surface area contributed by atoms with Crippen LogP contribution < -0.4 is 5.73 Å². The summed E-state index contributed by atoms with van der Waals surface area (Å²) in [5.74, 6) is -2.07. The molecule has 0 radical (unpaired) electrons. The number of rotatable bonds is 15. The molecule has 0 heterocycles. The van der Waals surface area contributed by atoms with Crippen molar-refractivity contribution in [1.29, 1.82) is 0 Å². The van der Waals surface area contributed by atoms with Crippen molar-refractivity contribution in [3.8, 4) is 5.75 Å². The van der Waals surface area contributed by atoms with Gasteiger partial charge >= 0.3 is 10.4 Å². The lowest BCUT2D eigenvalue weighted by atomic mass is 10.1. The molecule has 0 atom stereocenters. The molecule has 0 unspecified atom stereocenters. The quantitative estimate of drug-likeness (QED) is 0.0373. The van der Waals surface area contributed by atoms with E-state index in [1.54, 1.807) is 0 Å². The molecule has 0 aromatic heterocycles. The molecular formula is C27H27N5O15S6. The Bertz CT molecular complexity index is 2690. The molecule has 26 heteroatoms. The zero-order chi connectivity index (χ0) is 39.6. The van der Waals surface area contributed by atoms with E-state index in [9.17, 15) is 51.7 Å². The second kappa shape index (κ2) is 15.7. The number of phenols is 1. The van der Waals surface area contributed by atoms with Crippen molar-refractivity contribution < 1.29 is 64.7 Å². The summed E-state index contributed by atoms with van der Waals surface area (Å²) in [5, 5.41) is 26.6. The number of phenolic OH excluding ortho intramolecular Hbond substituents is 1. The number of hydrogen-bond acceptors (Lipinski definition) is 19. The van der Waals surface area contributed by atoms with E-state index in [-0.39, 0.29) is 42.5 Å². The van der Waals surface area contributed by atoms with Crippen molar-refractivity contribution in [2.75, 3.05) is 36.7 Å². The summed E-state index contributed by atoms with van der Waals surface area (Å²) in [7, 11) is -21.7. The van der Waals surface area contributed by atoms with E-state index < -0.39 is 97.0 Å². The summed E-state index contributed by atoms with van der Waals surface area (Å²) in [5.41, 5.74) is 4.95. The number of anilines is 1. The van der Waals surface area contributed by atoms with Crippen LogP contribution in [0, 0.1) is 0 Å². The molecular weight excluding hydrogens is 827 g/mol. The van der Waals surface area contributed by atoms with Crippen LogP contribution in [0.25, 0.3) is 10.8 Å². The molecule has 4 rings (SSSR count). The Hall–Kier alpha value is -4.12. The van der Waals surface area contributed by atoms with Crippen molar-refractivity contribution in [1.82, 2.24) is 0 Å². The molecule has 4 aromatic carbocycles. The first-order valence-electron chi connectivity index (χ1n) is 14.1. The number of benzene rings is 4. The molecule has 0 aliphatic rings. The van der Waals surface area contributed by atoms with Crippen molar-refractivity contribution in [3.63, 3.8) is 0 Å². The van der Waals surface area contributed by atoms with Gasteiger partial charge in [-0.25, -0.2) is 21.0 Å². The fourth-order valence-electron chi connectivity index (χ4n) is 4.36. The summed E-state index contributed by atoms with van der Waals surface area (Å²) in [6.07, 6.45) is 0.767. The highest BCUT2D eigenvalue weighted by atomic mass is 32.3. The smallest absolute Gasteiger partial charge is 0.397 e. The maximum Gasteiger partial charge on any atom is 0.397 e. The third-order valence-corrected chi connectivity index (χ3v) is 12.4. The van der Waals surface area contributed by atoms with Crippen molar-refractivity contribution in [2.24, 2.45) is 20.5 Å². The second-order valence-electron chi connectivity index (χ2n) is 10.6. The average Bonchev–Trinajstić information content (AvgIpc) is 3.02. The third-order valence-electron chi connectivity index (χ3n) is 6.76. The molecule has 0 aliphatic carbocycles. The molecule has 0 saturated carbocycles. The van der Waals surface area contributed by atoms with E-state index in [2.05, 4.69) is 41.5 Å². The first-order chi connectivity index (χ1) is 24.4. The Morgan fingerprint density at radius 1 is 0.679 bits per heavy atom. The van der Waals surface area contributed by atoms with Gasteiger partial charge in [0.2, 0.25) is 0 Å². The average molecular weight is 854 g/mol. The predicted molar refractivity (Wildman–Crippen MR) is 191 cm³/mol. The molecule has 0 amide bonds. The van der Waals surface area contributed by atoms with Gasteiger partial charge in [0.1, 0.15) is 16.3 Å². The SMILES string of the molecule is CS(=O)(=O)OCCS(=O)(=O)c1ccc(N=Nc2c(S(=O)(=O)O)cc3cc(S)c(N=Nc4ccc(S(=O)(=O)CCOS(=O)(=O)O)cc4)c(O)c3c2N)cc1. The van der Waals surface area contributed by atoms with Crippen LogP contribution in [0.4, 0.5) is 28.4 Å². The van der Waals surface area contributed by atoms with Gasteiger partial charge in [0.25, 0.3) is 20.2 Å². The fourth-order valence-corrected chi connectivity index (χ4v) is 8.39. The number of sulfone groups is 2. The summed E-state index contributed by atoms with van der Waals surface area (Å²) >= 11 is 4.28. The Morgan fingerprint density at radius 3 is 1.57 bits per heavy atom. The number of nitrogens with zero attached hydrogens (tertiary/aromatic N) is 4. The predicted octanol–water partition coefficient (Wildman–Crippen LogP) is 3.84. The van der Waals surface area contributed by atoms with Crippen LogP contribution in [0.15, 0.2) is 101 Å². The van der Waals surface area contributed by atoms with Crippen LogP contribution in [0.2, 0.25) is 0 Å². The molecule has 0 aliphatic heterocycles. The Balaban J connectivity index is 1.66. The number of fused-ring (bicyclic) bond motifs is 1. The van der Waals surface area contributed by atoms with Gasteiger partial charge in [-0.3, -0.25) is 13.3 Å². The van der Waals surface area contributed by atoms with Crippen LogP contribution in [0.3, 0.4) is 0 Å². The second-order valence-corrected chi connectivity index (χ2v) is 19.4. The lowest BCUT2D eigenvalue weighted by molar-refractivity contribution is 0.284. The lowest BCUT2D eigenvalue weighted by Crippen LogP contribution is -2.15. The van der Waals surface area contributed by atoms with Gasteiger partial charge in [0.15, 0.2) is 25.4 Å². The Morgan fingerprint density at radius 2 is 1.13 bits per heavy atom. The lowest BCUT2D eigenvalue weighted by Gasteiger charge is -2.13. The fraction of sp³-hybridized carbons (Fsp3) is 0.185. The summed E-state index contributed by atoms with van der Waals surface area (Å²) in [6.45, 7) is -1.45. The largest absolute Gasteiger partial charge is 0.505 e. The Kier molecular flexibility index (Phi) is 12.3. The van der Waals surface area contributed by atoms with Crippen LogP contribution in [-0.4, -0.2) is 87.3 Å². The van der Waals surface area contributed by atoms with Crippen molar-refractivity contribution >= 4 is 102 Å². The minimum Gasteiger partial charge on any atom is -0.505 e. The van der Waals surface area contributed by atoms with Gasteiger partial charge in [-0.2, -0.15) is 35.5 Å². The van der Waals surface area contributed by atoms with E-state index in [1.165, 1.54) is 30.3 Å². The molecule has 20 nitrogen and oxygen atoms in total. The van der Waals surface area contributed by atoms with E-state index in [4.69, 9.17) is 10.3 Å². The van der Waals surface area contributed by atoms with Gasteiger partial charge in [-0.15, -0.1) is 22.9 Å². The normalized spacial score (nSPS) is 13.4. The molecule has 0 saturated heterocycles. The number of nitrogen functional groups attached to an aromatic ring is 1. The molecule has 53 heavy (non-hydrogen) atoms. The van der Waals surface area contributed by atoms with E-state index in [1.807, 2.05) is 0 Å².